The number of allylic oxidation sites excluding steroid dienone is 2. The van der Waals surface area contributed by atoms with Crippen LogP contribution in [0.3, 0.4) is 0 Å². The van der Waals surface area contributed by atoms with Crippen LogP contribution in [0.5, 0.6) is 0 Å². The number of nitrogens with one attached hydrogen (secondary N) is 3. The molecule has 1 aliphatic heterocycles. The number of anilines is 1. The van der Waals surface area contributed by atoms with E-state index in [9.17, 15) is 4.79 Å². The maximum atomic E-state index is 12.7. The van der Waals surface area contributed by atoms with Gasteiger partial charge in [-0.2, -0.15) is 5.26 Å². The fourth-order valence-electron chi connectivity index (χ4n) is 4.38. The summed E-state index contributed by atoms with van der Waals surface area (Å²) in [4.78, 5) is 19.4. The summed E-state index contributed by atoms with van der Waals surface area (Å²) < 4.78 is 0. The summed E-state index contributed by atoms with van der Waals surface area (Å²) in [6, 6.07) is 8.94. The van der Waals surface area contributed by atoms with Crippen molar-refractivity contribution in [1.82, 2.24) is 15.3 Å². The molecular formula is C23H27N5O. The normalized spacial score (nSPS) is 21.9. The van der Waals surface area contributed by atoms with Gasteiger partial charge in [0.25, 0.3) is 5.91 Å². The summed E-state index contributed by atoms with van der Waals surface area (Å²) in [5, 5.41) is 15.5. The van der Waals surface area contributed by atoms with Crippen molar-refractivity contribution < 1.29 is 4.79 Å². The largest absolute Gasteiger partial charge is 0.326 e. The highest BCUT2D eigenvalue weighted by Crippen LogP contribution is 2.36. The highest BCUT2D eigenvalue weighted by Gasteiger charge is 2.22. The molecule has 6 nitrogen and oxygen atoms in total. The zero-order valence-electron chi connectivity index (χ0n) is 16.8. The number of imidazole rings is 1. The number of carbonyl (C=O) groups is 1. The number of piperidine rings is 1. The van der Waals surface area contributed by atoms with Crippen molar-refractivity contribution in [3.8, 4) is 6.07 Å². The molecule has 1 amide bonds. The molecule has 0 bridgehead atoms. The van der Waals surface area contributed by atoms with Gasteiger partial charge in [0.2, 0.25) is 0 Å². The van der Waals surface area contributed by atoms with Crippen LogP contribution < -0.4 is 10.6 Å². The van der Waals surface area contributed by atoms with E-state index in [1.807, 2.05) is 12.1 Å². The smallest absolute Gasteiger partial charge is 0.291 e. The van der Waals surface area contributed by atoms with Gasteiger partial charge in [0, 0.05) is 17.3 Å². The minimum atomic E-state index is -0.326. The van der Waals surface area contributed by atoms with Gasteiger partial charge in [0.1, 0.15) is 11.8 Å². The second-order valence-electron chi connectivity index (χ2n) is 8.07. The van der Waals surface area contributed by atoms with E-state index in [4.69, 9.17) is 5.26 Å². The lowest BCUT2D eigenvalue weighted by Crippen LogP contribution is -2.34. The Labute approximate surface area is 171 Å². The molecule has 2 aliphatic rings. The zero-order chi connectivity index (χ0) is 20.2. The molecule has 0 radical (unpaired) electrons. The topological polar surface area (TPSA) is 93.6 Å². The van der Waals surface area contributed by atoms with E-state index in [2.05, 4.69) is 45.7 Å². The first-order chi connectivity index (χ1) is 14.1. The maximum Gasteiger partial charge on any atom is 0.291 e. The van der Waals surface area contributed by atoms with Gasteiger partial charge < -0.3 is 15.6 Å². The molecule has 1 saturated heterocycles. The Morgan fingerprint density at radius 1 is 1.34 bits per heavy atom. The molecule has 4 rings (SSSR count). The third-order valence-corrected chi connectivity index (χ3v) is 5.94. The Morgan fingerprint density at radius 2 is 2.24 bits per heavy atom. The maximum absolute atomic E-state index is 12.7. The summed E-state index contributed by atoms with van der Waals surface area (Å²) in [6.45, 7) is 3.28. The number of aromatic nitrogens is 2. The van der Waals surface area contributed by atoms with Crippen LogP contribution in [0.2, 0.25) is 0 Å². The van der Waals surface area contributed by atoms with Crippen LogP contribution in [-0.2, 0) is 0 Å². The summed E-state index contributed by atoms with van der Waals surface area (Å²) in [5.41, 5.74) is 4.87. The second-order valence-corrected chi connectivity index (χ2v) is 8.07. The molecule has 0 saturated carbocycles. The lowest BCUT2D eigenvalue weighted by molar-refractivity contribution is 0.101. The third-order valence-electron chi connectivity index (χ3n) is 5.94. The molecular weight excluding hydrogens is 362 g/mol. The first-order valence-electron chi connectivity index (χ1n) is 10.5. The summed E-state index contributed by atoms with van der Waals surface area (Å²) in [5.74, 6) is 0.371. The average molecular weight is 390 g/mol. The fourth-order valence-corrected chi connectivity index (χ4v) is 4.38. The van der Waals surface area contributed by atoms with E-state index in [0.29, 0.717) is 12.0 Å². The molecule has 3 N–H and O–H groups in total. The number of H-pyrrole nitrogens is 1. The fraction of sp³-hybridized carbons (Fsp3) is 0.435. The highest BCUT2D eigenvalue weighted by molar-refractivity contribution is 6.03. The lowest BCUT2D eigenvalue weighted by atomic mass is 9.84. The van der Waals surface area contributed by atoms with Crippen molar-refractivity contribution in [2.75, 3.05) is 11.9 Å². The molecule has 2 heterocycles. The molecule has 1 unspecified atom stereocenters. The van der Waals surface area contributed by atoms with Gasteiger partial charge in [-0.15, -0.1) is 0 Å². The number of nitrogens with zero attached hydrogens (tertiary/aromatic N) is 2. The van der Waals surface area contributed by atoms with Gasteiger partial charge in [-0.05, 0) is 81.2 Å². The number of carbonyl (C=O) groups excluding carboxylic acids is 1. The predicted molar refractivity (Wildman–Crippen MR) is 114 cm³/mol. The molecule has 1 aliphatic carbocycles. The Morgan fingerprint density at radius 3 is 2.97 bits per heavy atom. The van der Waals surface area contributed by atoms with E-state index in [0.717, 1.165) is 43.5 Å². The van der Waals surface area contributed by atoms with Crippen molar-refractivity contribution in [2.24, 2.45) is 0 Å². The van der Waals surface area contributed by atoms with Gasteiger partial charge in [-0.1, -0.05) is 12.1 Å². The highest BCUT2D eigenvalue weighted by atomic mass is 16.2. The number of rotatable bonds is 4. The number of nitriles is 1. The number of aromatic amines is 1. The van der Waals surface area contributed by atoms with Crippen LogP contribution in [0.1, 0.15) is 78.8 Å². The van der Waals surface area contributed by atoms with Crippen LogP contribution in [0.4, 0.5) is 5.69 Å². The van der Waals surface area contributed by atoms with Crippen molar-refractivity contribution in [3.63, 3.8) is 0 Å². The van der Waals surface area contributed by atoms with Gasteiger partial charge >= 0.3 is 0 Å². The summed E-state index contributed by atoms with van der Waals surface area (Å²) >= 11 is 0. The first-order valence-corrected chi connectivity index (χ1v) is 10.5. The van der Waals surface area contributed by atoms with Gasteiger partial charge in [0.15, 0.2) is 5.82 Å². The van der Waals surface area contributed by atoms with Crippen molar-refractivity contribution in [1.29, 1.82) is 5.26 Å². The van der Waals surface area contributed by atoms with Crippen molar-refractivity contribution in [2.45, 2.75) is 57.4 Å². The van der Waals surface area contributed by atoms with Gasteiger partial charge in [-0.3, -0.25) is 4.79 Å². The van der Waals surface area contributed by atoms with Gasteiger partial charge in [-0.25, -0.2) is 4.98 Å². The summed E-state index contributed by atoms with van der Waals surface area (Å²) in [6.07, 6.45) is 10.5. The molecule has 0 spiro atoms. The van der Waals surface area contributed by atoms with Crippen LogP contribution in [0.25, 0.3) is 5.57 Å². The van der Waals surface area contributed by atoms with Crippen molar-refractivity contribution >= 4 is 17.2 Å². The molecule has 2 atom stereocenters. The number of benzene rings is 1. The Bertz CT molecular complexity index is 968. The Kier molecular flexibility index (Phi) is 5.77. The minimum Gasteiger partial charge on any atom is -0.326 e. The Balaban J connectivity index is 1.64. The van der Waals surface area contributed by atoms with E-state index in [1.165, 1.54) is 30.2 Å². The molecule has 29 heavy (non-hydrogen) atoms. The molecule has 6 heteroatoms. The average Bonchev–Trinajstić information content (AvgIpc) is 3.24. The molecule has 1 aromatic carbocycles. The molecule has 1 aromatic heterocycles. The second kappa shape index (κ2) is 8.62. The standard InChI is InChI=1S/C23H27N5O/c1-15-11-18(9-10-25-15)17-7-8-21(20(12-17)16-5-3-2-4-6-16)28-23(29)22-26-14-19(13-24)27-22/h5,7-8,12,14-15,18,25H,2-4,6,9-11H2,1H3,(H,26,27)(H,28,29)/t15-,18?/m0/s1. The van der Waals surface area contributed by atoms with Crippen LogP contribution in [0.15, 0.2) is 30.5 Å². The number of hydrogen-bond acceptors (Lipinski definition) is 4. The quantitative estimate of drug-likeness (QED) is 0.725. The first kappa shape index (κ1) is 19.4. The van der Waals surface area contributed by atoms with E-state index in [1.54, 1.807) is 0 Å². The third kappa shape index (κ3) is 4.41. The SMILES string of the molecule is C[C@H]1CC(c2ccc(NC(=O)c3ncc(C#N)[nH]3)c(C3=CCCCC3)c2)CCN1. The van der Waals surface area contributed by atoms with Gasteiger partial charge in [0.05, 0.1) is 6.20 Å². The molecule has 150 valence electrons. The van der Waals surface area contributed by atoms with E-state index >= 15 is 0 Å². The van der Waals surface area contributed by atoms with Crippen LogP contribution >= 0.6 is 0 Å². The zero-order valence-corrected chi connectivity index (χ0v) is 16.8. The number of hydrogen-bond donors (Lipinski definition) is 3. The van der Waals surface area contributed by atoms with E-state index in [-0.39, 0.29) is 17.4 Å². The molecule has 2 aromatic rings. The van der Waals surface area contributed by atoms with E-state index < -0.39 is 0 Å². The van der Waals surface area contributed by atoms with Crippen molar-refractivity contribution in [3.05, 3.63) is 53.1 Å². The molecule has 1 fully saturated rings. The summed E-state index contributed by atoms with van der Waals surface area (Å²) in [7, 11) is 0. The van der Waals surface area contributed by atoms with Crippen LogP contribution in [0, 0.1) is 11.3 Å². The minimum absolute atomic E-state index is 0.154. The number of amides is 1. The van der Waals surface area contributed by atoms with Crippen LogP contribution in [-0.4, -0.2) is 28.5 Å². The lowest BCUT2D eigenvalue weighted by Gasteiger charge is -2.29. The monoisotopic (exact) mass is 389 g/mol. The predicted octanol–water partition coefficient (Wildman–Crippen LogP) is 4.35. The Hall–Kier alpha value is -2.91.